The molecule has 104 valence electrons. The molecule has 1 fully saturated rings. The number of hydrogen-bond donors (Lipinski definition) is 1. The highest BCUT2D eigenvalue weighted by Crippen LogP contribution is 2.37. The molecule has 0 aliphatic heterocycles. The van der Waals surface area contributed by atoms with Gasteiger partial charge in [0.2, 0.25) is 0 Å². The van der Waals surface area contributed by atoms with Crippen LogP contribution in [0.25, 0.3) is 0 Å². The summed E-state index contributed by atoms with van der Waals surface area (Å²) in [4.78, 5) is 0. The highest BCUT2D eigenvalue weighted by atomic mass is 19.4. The van der Waals surface area contributed by atoms with Crippen molar-refractivity contribution in [2.24, 2.45) is 11.8 Å². The molecular weight excluding hydrogens is 239 g/mol. The van der Waals surface area contributed by atoms with E-state index in [1.165, 1.54) is 0 Å². The molecule has 0 aromatic heterocycles. The molecule has 0 bridgehead atoms. The van der Waals surface area contributed by atoms with Crippen molar-refractivity contribution in [3.63, 3.8) is 0 Å². The van der Waals surface area contributed by atoms with E-state index in [9.17, 15) is 13.2 Å². The molecule has 0 saturated heterocycles. The minimum Gasteiger partial charge on any atom is -0.313 e. The van der Waals surface area contributed by atoms with Crippen molar-refractivity contribution in [1.82, 2.24) is 5.32 Å². The number of rotatable bonds is 3. The first-order chi connectivity index (χ1) is 8.57. The van der Waals surface area contributed by atoms with E-state index in [1.807, 2.05) is 0 Å². The maximum atomic E-state index is 12.9. The molecule has 0 radical (unpaired) electrons. The van der Waals surface area contributed by atoms with Crippen LogP contribution in [-0.4, -0.2) is 18.8 Å². The number of allylic oxidation sites excluding steroid dienone is 2. The fourth-order valence-electron chi connectivity index (χ4n) is 3.13. The second-order valence-corrected chi connectivity index (χ2v) is 5.60. The summed E-state index contributed by atoms with van der Waals surface area (Å²) in [6, 6.07) is -0.357. The predicted molar refractivity (Wildman–Crippen MR) is 66.3 cm³/mol. The van der Waals surface area contributed by atoms with Gasteiger partial charge in [0.1, 0.15) is 0 Å². The van der Waals surface area contributed by atoms with Crippen molar-refractivity contribution < 1.29 is 13.2 Å². The number of alkyl halides is 3. The van der Waals surface area contributed by atoms with Gasteiger partial charge in [-0.15, -0.1) is 0 Å². The lowest BCUT2D eigenvalue weighted by Gasteiger charge is -2.34. The summed E-state index contributed by atoms with van der Waals surface area (Å²) in [5, 5.41) is 3.19. The van der Waals surface area contributed by atoms with Crippen LogP contribution in [0.15, 0.2) is 12.2 Å². The van der Waals surface area contributed by atoms with Crippen LogP contribution in [0.5, 0.6) is 0 Å². The second-order valence-electron chi connectivity index (χ2n) is 5.60. The van der Waals surface area contributed by atoms with Gasteiger partial charge in [-0.05, 0) is 44.6 Å². The second kappa shape index (κ2) is 6.09. The first-order valence-electron chi connectivity index (χ1n) is 7.02. The average molecular weight is 261 g/mol. The molecular formula is C14H22F3N. The third-order valence-corrected chi connectivity index (χ3v) is 4.23. The molecule has 1 saturated carbocycles. The van der Waals surface area contributed by atoms with E-state index in [4.69, 9.17) is 0 Å². The lowest BCUT2D eigenvalue weighted by Crippen LogP contribution is -2.46. The zero-order valence-corrected chi connectivity index (χ0v) is 10.7. The molecule has 3 atom stereocenters. The normalized spacial score (nSPS) is 33.6. The molecule has 0 heterocycles. The maximum Gasteiger partial charge on any atom is 0.393 e. The van der Waals surface area contributed by atoms with E-state index in [-0.39, 0.29) is 6.04 Å². The third kappa shape index (κ3) is 3.74. The van der Waals surface area contributed by atoms with E-state index in [0.29, 0.717) is 25.2 Å². The van der Waals surface area contributed by atoms with Gasteiger partial charge in [-0.2, -0.15) is 13.2 Å². The minimum atomic E-state index is -4.04. The summed E-state index contributed by atoms with van der Waals surface area (Å²) in [7, 11) is 0. The Morgan fingerprint density at radius 3 is 2.50 bits per heavy atom. The van der Waals surface area contributed by atoms with Crippen LogP contribution in [0.2, 0.25) is 0 Å². The van der Waals surface area contributed by atoms with Crippen LogP contribution in [0, 0.1) is 11.8 Å². The third-order valence-electron chi connectivity index (χ3n) is 4.23. The molecule has 0 spiro atoms. The summed E-state index contributed by atoms with van der Waals surface area (Å²) in [5.41, 5.74) is 0. The Morgan fingerprint density at radius 2 is 1.83 bits per heavy atom. The van der Waals surface area contributed by atoms with Gasteiger partial charge in [-0.25, -0.2) is 0 Å². The first-order valence-corrected chi connectivity index (χ1v) is 7.02. The van der Waals surface area contributed by atoms with Gasteiger partial charge in [0.05, 0.1) is 5.92 Å². The van der Waals surface area contributed by atoms with Crippen LogP contribution in [-0.2, 0) is 0 Å². The smallest absolute Gasteiger partial charge is 0.313 e. The molecule has 1 nitrogen and oxygen atoms in total. The van der Waals surface area contributed by atoms with Gasteiger partial charge >= 0.3 is 6.18 Å². The molecule has 0 amide bonds. The van der Waals surface area contributed by atoms with Crippen LogP contribution in [0.3, 0.4) is 0 Å². The molecule has 0 aromatic rings. The summed E-state index contributed by atoms with van der Waals surface area (Å²) >= 11 is 0. The average Bonchev–Trinajstić information content (AvgIpc) is 2.37. The monoisotopic (exact) mass is 261 g/mol. The van der Waals surface area contributed by atoms with Crippen molar-refractivity contribution in [3.05, 3.63) is 12.2 Å². The van der Waals surface area contributed by atoms with Gasteiger partial charge in [0.25, 0.3) is 0 Å². The van der Waals surface area contributed by atoms with Gasteiger partial charge in [0.15, 0.2) is 0 Å². The summed E-state index contributed by atoms with van der Waals surface area (Å²) < 4.78 is 38.7. The molecule has 0 aromatic carbocycles. The van der Waals surface area contributed by atoms with Gasteiger partial charge in [-0.3, -0.25) is 0 Å². The van der Waals surface area contributed by atoms with E-state index in [1.54, 1.807) is 0 Å². The fraction of sp³-hybridized carbons (Fsp3) is 0.857. The highest BCUT2D eigenvalue weighted by Gasteiger charge is 2.45. The molecule has 3 unspecified atom stereocenters. The summed E-state index contributed by atoms with van der Waals surface area (Å²) in [5.74, 6) is -0.615. The zero-order valence-electron chi connectivity index (χ0n) is 10.7. The molecule has 2 rings (SSSR count). The molecule has 2 aliphatic rings. The van der Waals surface area contributed by atoms with Crippen LogP contribution >= 0.6 is 0 Å². The number of hydrogen-bond acceptors (Lipinski definition) is 1. The highest BCUT2D eigenvalue weighted by molar-refractivity contribution is 4.92. The van der Waals surface area contributed by atoms with Crippen LogP contribution in [0.4, 0.5) is 13.2 Å². The van der Waals surface area contributed by atoms with Crippen molar-refractivity contribution in [2.75, 3.05) is 6.54 Å². The Bertz CT molecular complexity index is 285. The van der Waals surface area contributed by atoms with Gasteiger partial charge in [0, 0.05) is 6.04 Å². The fourth-order valence-corrected chi connectivity index (χ4v) is 3.13. The van der Waals surface area contributed by atoms with Crippen molar-refractivity contribution in [2.45, 2.75) is 57.2 Å². The predicted octanol–water partition coefficient (Wildman–Crippen LogP) is 4.05. The van der Waals surface area contributed by atoms with E-state index >= 15 is 0 Å². The number of nitrogens with one attached hydrogen (secondary N) is 1. The Labute approximate surface area is 107 Å². The number of halogens is 3. The van der Waals surface area contributed by atoms with Crippen molar-refractivity contribution >= 4 is 0 Å². The summed E-state index contributed by atoms with van der Waals surface area (Å²) in [6.07, 6.45) is 6.07. The Hall–Kier alpha value is -0.510. The minimum absolute atomic E-state index is 0.297. The Kier molecular flexibility index (Phi) is 4.71. The van der Waals surface area contributed by atoms with Crippen LogP contribution < -0.4 is 5.32 Å². The molecule has 4 heteroatoms. The maximum absolute atomic E-state index is 12.9. The SMILES string of the molecule is FC(F)(F)C1CCCCC1NCC1CC=CCC1. The molecule has 1 N–H and O–H groups in total. The Morgan fingerprint density at radius 1 is 1.06 bits per heavy atom. The Balaban J connectivity index is 1.83. The van der Waals surface area contributed by atoms with Gasteiger partial charge in [-0.1, -0.05) is 25.0 Å². The first kappa shape index (κ1) is 13.9. The van der Waals surface area contributed by atoms with E-state index < -0.39 is 12.1 Å². The van der Waals surface area contributed by atoms with Gasteiger partial charge < -0.3 is 5.32 Å². The zero-order chi connectivity index (χ0) is 13.0. The summed E-state index contributed by atoms with van der Waals surface area (Å²) in [6.45, 7) is 0.738. The quantitative estimate of drug-likeness (QED) is 0.756. The molecule has 18 heavy (non-hydrogen) atoms. The lowest BCUT2D eigenvalue weighted by molar-refractivity contribution is -0.189. The molecule has 2 aliphatic carbocycles. The van der Waals surface area contributed by atoms with E-state index in [2.05, 4.69) is 17.5 Å². The lowest BCUT2D eigenvalue weighted by atomic mass is 9.83. The van der Waals surface area contributed by atoms with Crippen LogP contribution in [0.1, 0.15) is 44.9 Å². The largest absolute Gasteiger partial charge is 0.393 e. The topological polar surface area (TPSA) is 12.0 Å². The van der Waals surface area contributed by atoms with Crippen molar-refractivity contribution in [1.29, 1.82) is 0 Å². The van der Waals surface area contributed by atoms with E-state index in [0.717, 1.165) is 32.2 Å². The standard InChI is InChI=1S/C14H22F3N/c15-14(16,17)12-8-4-5-9-13(12)18-10-11-6-2-1-3-7-11/h1-2,11-13,18H,3-10H2. The van der Waals surface area contributed by atoms with Crippen molar-refractivity contribution in [3.8, 4) is 0 Å².